The molecular weight excluding hydrogens is 242 g/mol. The lowest BCUT2D eigenvalue weighted by molar-refractivity contribution is -0.121. The molecule has 19 heavy (non-hydrogen) atoms. The molecule has 0 aliphatic heterocycles. The van der Waals surface area contributed by atoms with Crippen LogP contribution in [-0.2, 0) is 4.79 Å². The molecule has 2 rings (SSSR count). The molecule has 0 bridgehead atoms. The van der Waals surface area contributed by atoms with Crippen LogP contribution in [0.2, 0.25) is 0 Å². The lowest BCUT2D eigenvalue weighted by atomic mass is 10.0. The average molecular weight is 259 g/mol. The number of hydrogen-bond donors (Lipinski definition) is 2. The van der Waals surface area contributed by atoms with Crippen LogP contribution in [0.25, 0.3) is 5.69 Å². The number of carbonyl (C=O) groups is 1. The fourth-order valence-electron chi connectivity index (χ4n) is 1.50. The Hall–Kier alpha value is -2.21. The SMILES string of the molecule is CNC(C)(C)C(=O)Nc1ccccc1-n1cncn1. The largest absolute Gasteiger partial charge is 0.323 e. The molecule has 2 N–H and O–H groups in total. The highest BCUT2D eigenvalue weighted by Crippen LogP contribution is 2.19. The molecule has 1 amide bonds. The predicted molar refractivity (Wildman–Crippen MR) is 73.1 cm³/mol. The van der Waals surface area contributed by atoms with Gasteiger partial charge >= 0.3 is 0 Å². The van der Waals surface area contributed by atoms with Gasteiger partial charge in [-0.3, -0.25) is 4.79 Å². The summed E-state index contributed by atoms with van der Waals surface area (Å²) in [5, 5.41) is 9.94. The molecule has 6 heteroatoms. The van der Waals surface area contributed by atoms with Gasteiger partial charge in [0, 0.05) is 0 Å². The molecule has 0 saturated carbocycles. The minimum atomic E-state index is -0.643. The summed E-state index contributed by atoms with van der Waals surface area (Å²) in [6.07, 6.45) is 3.05. The van der Waals surface area contributed by atoms with Gasteiger partial charge in [0.1, 0.15) is 12.7 Å². The first kappa shape index (κ1) is 13.2. The molecule has 0 aliphatic carbocycles. The normalized spacial score (nSPS) is 11.3. The molecule has 1 aromatic heterocycles. The second-order valence-electron chi connectivity index (χ2n) is 4.69. The second kappa shape index (κ2) is 5.19. The smallest absolute Gasteiger partial charge is 0.244 e. The van der Waals surface area contributed by atoms with Crippen molar-refractivity contribution >= 4 is 11.6 Å². The van der Waals surface area contributed by atoms with E-state index in [-0.39, 0.29) is 5.91 Å². The first-order valence-corrected chi connectivity index (χ1v) is 5.99. The van der Waals surface area contributed by atoms with E-state index < -0.39 is 5.54 Å². The highest BCUT2D eigenvalue weighted by Gasteiger charge is 2.25. The number of hydrogen-bond acceptors (Lipinski definition) is 4. The monoisotopic (exact) mass is 259 g/mol. The summed E-state index contributed by atoms with van der Waals surface area (Å²) >= 11 is 0. The van der Waals surface area contributed by atoms with E-state index in [1.807, 2.05) is 38.1 Å². The van der Waals surface area contributed by atoms with E-state index in [0.717, 1.165) is 5.69 Å². The molecule has 1 heterocycles. The number of anilines is 1. The standard InChI is InChI=1S/C13H17N5O/c1-13(2,14-3)12(19)17-10-6-4-5-7-11(10)18-9-15-8-16-18/h4-9,14H,1-3H3,(H,17,19). The topological polar surface area (TPSA) is 71.8 Å². The Bertz CT molecular complexity index is 562. The van der Waals surface area contributed by atoms with Crippen molar-refractivity contribution in [2.24, 2.45) is 0 Å². The van der Waals surface area contributed by atoms with Gasteiger partial charge in [-0.1, -0.05) is 12.1 Å². The van der Waals surface area contributed by atoms with Gasteiger partial charge in [0.05, 0.1) is 16.9 Å². The first-order valence-electron chi connectivity index (χ1n) is 5.99. The Labute approximate surface area is 111 Å². The van der Waals surface area contributed by atoms with Crippen LogP contribution in [-0.4, -0.2) is 33.3 Å². The van der Waals surface area contributed by atoms with Gasteiger partial charge in [-0.05, 0) is 33.0 Å². The van der Waals surface area contributed by atoms with E-state index in [4.69, 9.17) is 0 Å². The molecule has 0 unspecified atom stereocenters. The van der Waals surface area contributed by atoms with Crippen molar-refractivity contribution < 1.29 is 4.79 Å². The van der Waals surface area contributed by atoms with Crippen LogP contribution in [0.4, 0.5) is 5.69 Å². The number of likely N-dealkylation sites (N-methyl/N-ethyl adjacent to an activating group) is 1. The lowest BCUT2D eigenvalue weighted by Crippen LogP contribution is -2.48. The zero-order chi connectivity index (χ0) is 13.9. The van der Waals surface area contributed by atoms with Crippen LogP contribution in [0.15, 0.2) is 36.9 Å². The van der Waals surface area contributed by atoms with Crippen LogP contribution in [0, 0.1) is 0 Å². The highest BCUT2D eigenvalue weighted by molar-refractivity contribution is 5.98. The van der Waals surface area contributed by atoms with Crippen LogP contribution >= 0.6 is 0 Å². The second-order valence-corrected chi connectivity index (χ2v) is 4.69. The summed E-state index contributed by atoms with van der Waals surface area (Å²) in [5.74, 6) is -0.109. The number of amides is 1. The van der Waals surface area contributed by atoms with Crippen molar-refractivity contribution in [3.63, 3.8) is 0 Å². The van der Waals surface area contributed by atoms with Crippen LogP contribution < -0.4 is 10.6 Å². The maximum atomic E-state index is 12.2. The molecule has 0 atom stereocenters. The number of rotatable bonds is 4. The van der Waals surface area contributed by atoms with Gasteiger partial charge in [-0.15, -0.1) is 0 Å². The molecule has 6 nitrogen and oxygen atoms in total. The van der Waals surface area contributed by atoms with E-state index >= 15 is 0 Å². The van der Waals surface area contributed by atoms with Crippen LogP contribution in [0.1, 0.15) is 13.8 Å². The van der Waals surface area contributed by atoms with E-state index in [1.54, 1.807) is 18.1 Å². The van der Waals surface area contributed by atoms with Crippen molar-refractivity contribution in [1.82, 2.24) is 20.1 Å². The molecule has 0 fully saturated rings. The van der Waals surface area contributed by atoms with Gasteiger partial charge in [0.25, 0.3) is 0 Å². The average Bonchev–Trinajstić information content (AvgIpc) is 2.93. The summed E-state index contributed by atoms with van der Waals surface area (Å²) in [5.41, 5.74) is 0.830. The number of nitrogens with one attached hydrogen (secondary N) is 2. The Balaban J connectivity index is 2.29. The number of carbonyl (C=O) groups excluding carboxylic acids is 1. The van der Waals surface area contributed by atoms with E-state index in [9.17, 15) is 4.79 Å². The van der Waals surface area contributed by atoms with Crippen molar-refractivity contribution in [1.29, 1.82) is 0 Å². The minimum absolute atomic E-state index is 0.109. The summed E-state index contributed by atoms with van der Waals surface area (Å²) in [4.78, 5) is 16.1. The molecule has 100 valence electrons. The van der Waals surface area contributed by atoms with Gasteiger partial charge in [-0.25, -0.2) is 9.67 Å². The third-order valence-electron chi connectivity index (χ3n) is 3.01. The first-order chi connectivity index (χ1) is 9.04. The van der Waals surface area contributed by atoms with Crippen molar-refractivity contribution in [2.45, 2.75) is 19.4 Å². The van der Waals surface area contributed by atoms with Crippen molar-refractivity contribution in [3.05, 3.63) is 36.9 Å². The summed E-state index contributed by atoms with van der Waals surface area (Å²) in [7, 11) is 1.75. The quantitative estimate of drug-likeness (QED) is 0.865. The van der Waals surface area contributed by atoms with Gasteiger partial charge in [-0.2, -0.15) is 5.10 Å². The van der Waals surface area contributed by atoms with E-state index in [2.05, 4.69) is 20.7 Å². The highest BCUT2D eigenvalue weighted by atomic mass is 16.2. The molecule has 0 aliphatic rings. The Kier molecular flexibility index (Phi) is 3.62. The predicted octanol–water partition coefficient (Wildman–Crippen LogP) is 1.20. The fourth-order valence-corrected chi connectivity index (χ4v) is 1.50. The van der Waals surface area contributed by atoms with Crippen molar-refractivity contribution in [2.75, 3.05) is 12.4 Å². The minimum Gasteiger partial charge on any atom is -0.323 e. The molecule has 2 aromatic rings. The fraction of sp³-hybridized carbons (Fsp3) is 0.308. The summed E-state index contributed by atoms with van der Waals surface area (Å²) in [6.45, 7) is 3.64. The Morgan fingerprint density at radius 1 is 1.32 bits per heavy atom. The third kappa shape index (κ3) is 2.79. The van der Waals surface area contributed by atoms with Gasteiger partial charge < -0.3 is 10.6 Å². The van der Waals surface area contributed by atoms with E-state index in [1.165, 1.54) is 6.33 Å². The van der Waals surface area contributed by atoms with Gasteiger partial charge in [0.2, 0.25) is 5.91 Å². The maximum Gasteiger partial charge on any atom is 0.244 e. The van der Waals surface area contributed by atoms with E-state index in [0.29, 0.717) is 5.69 Å². The molecule has 0 radical (unpaired) electrons. The molecule has 0 saturated heterocycles. The molecular formula is C13H17N5O. The Morgan fingerprint density at radius 2 is 2.05 bits per heavy atom. The molecule has 1 aromatic carbocycles. The third-order valence-corrected chi connectivity index (χ3v) is 3.01. The lowest BCUT2D eigenvalue weighted by Gasteiger charge is -2.23. The summed E-state index contributed by atoms with van der Waals surface area (Å²) < 4.78 is 1.61. The zero-order valence-corrected chi connectivity index (χ0v) is 11.2. The number of nitrogens with zero attached hydrogens (tertiary/aromatic N) is 3. The zero-order valence-electron chi connectivity index (χ0n) is 11.2. The van der Waals surface area contributed by atoms with Crippen LogP contribution in [0.3, 0.4) is 0 Å². The Morgan fingerprint density at radius 3 is 2.68 bits per heavy atom. The maximum absolute atomic E-state index is 12.2. The van der Waals surface area contributed by atoms with Crippen LogP contribution in [0.5, 0.6) is 0 Å². The number of aromatic nitrogens is 3. The van der Waals surface area contributed by atoms with Gasteiger partial charge in [0.15, 0.2) is 0 Å². The number of benzene rings is 1. The molecule has 0 spiro atoms. The summed E-state index contributed by atoms with van der Waals surface area (Å²) in [6, 6.07) is 7.45. The number of para-hydroxylation sites is 2. The van der Waals surface area contributed by atoms with Crippen molar-refractivity contribution in [3.8, 4) is 5.69 Å².